The Morgan fingerprint density at radius 1 is 1.21 bits per heavy atom. The molecule has 0 aliphatic heterocycles. The summed E-state index contributed by atoms with van der Waals surface area (Å²) in [5.41, 5.74) is 1.13. The van der Waals surface area contributed by atoms with Crippen LogP contribution in [-0.4, -0.2) is 33.0 Å². The molecule has 2 aromatic rings. The van der Waals surface area contributed by atoms with Crippen molar-refractivity contribution in [1.29, 1.82) is 0 Å². The molecule has 8 heteroatoms. The lowest BCUT2D eigenvalue weighted by Gasteiger charge is -2.10. The first-order chi connectivity index (χ1) is 11.5. The summed E-state index contributed by atoms with van der Waals surface area (Å²) in [5.74, 6) is -0.0218. The summed E-state index contributed by atoms with van der Waals surface area (Å²) >= 11 is 0. The van der Waals surface area contributed by atoms with E-state index in [9.17, 15) is 13.2 Å². The zero-order valence-corrected chi connectivity index (χ0v) is 14.3. The summed E-state index contributed by atoms with van der Waals surface area (Å²) in [6.45, 7) is 2.50. The molecule has 1 amide bonds. The molecule has 2 rings (SSSR count). The summed E-state index contributed by atoms with van der Waals surface area (Å²) in [7, 11) is -2.11. The highest BCUT2D eigenvalue weighted by molar-refractivity contribution is 7.89. The largest absolute Gasteiger partial charge is 0.477 e. The average molecular weight is 349 g/mol. The molecule has 0 saturated heterocycles. The van der Waals surface area contributed by atoms with E-state index in [1.165, 1.54) is 19.2 Å². The van der Waals surface area contributed by atoms with Crippen molar-refractivity contribution in [2.45, 2.75) is 18.4 Å². The highest BCUT2D eigenvalue weighted by Gasteiger charge is 2.14. The quantitative estimate of drug-likeness (QED) is 0.786. The minimum atomic E-state index is -3.46. The molecule has 24 heavy (non-hydrogen) atoms. The summed E-state index contributed by atoms with van der Waals surface area (Å²) < 4.78 is 30.9. The maximum absolute atomic E-state index is 12.2. The van der Waals surface area contributed by atoms with Crippen molar-refractivity contribution in [2.75, 3.05) is 13.7 Å². The van der Waals surface area contributed by atoms with Gasteiger partial charge in [0.1, 0.15) is 5.56 Å². The van der Waals surface area contributed by atoms with Crippen LogP contribution in [0.15, 0.2) is 47.5 Å². The fourth-order valence-corrected chi connectivity index (χ4v) is 2.73. The number of nitrogens with one attached hydrogen (secondary N) is 2. The van der Waals surface area contributed by atoms with Gasteiger partial charge in [-0.05, 0) is 43.8 Å². The SMILES string of the molecule is CCOc1ncccc1C(=O)NCc1ccc(S(=O)(=O)NC)cc1. The smallest absolute Gasteiger partial charge is 0.257 e. The molecule has 0 aliphatic carbocycles. The van der Waals surface area contributed by atoms with E-state index >= 15 is 0 Å². The molecule has 0 radical (unpaired) electrons. The van der Waals surface area contributed by atoms with E-state index in [1.807, 2.05) is 6.92 Å². The number of pyridine rings is 1. The first-order valence-corrected chi connectivity index (χ1v) is 8.84. The Morgan fingerprint density at radius 3 is 2.54 bits per heavy atom. The van der Waals surface area contributed by atoms with Crippen LogP contribution in [0.4, 0.5) is 0 Å². The number of carbonyl (C=O) groups excluding carboxylic acids is 1. The summed E-state index contributed by atoms with van der Waals surface area (Å²) in [4.78, 5) is 16.5. The molecule has 1 aromatic carbocycles. The number of nitrogens with zero attached hydrogens (tertiary/aromatic N) is 1. The van der Waals surface area contributed by atoms with Crippen molar-refractivity contribution in [3.63, 3.8) is 0 Å². The molecule has 0 unspecified atom stereocenters. The second-order valence-electron chi connectivity index (χ2n) is 4.82. The Kier molecular flexibility index (Phi) is 5.88. The van der Waals surface area contributed by atoms with Gasteiger partial charge < -0.3 is 10.1 Å². The highest BCUT2D eigenvalue weighted by Crippen LogP contribution is 2.15. The van der Waals surface area contributed by atoms with Crippen LogP contribution >= 0.6 is 0 Å². The number of rotatable bonds is 7. The summed E-state index contributed by atoms with van der Waals surface area (Å²) in [5, 5.41) is 2.76. The molecule has 1 heterocycles. The molecule has 0 spiro atoms. The van der Waals surface area contributed by atoms with E-state index in [4.69, 9.17) is 4.74 Å². The van der Waals surface area contributed by atoms with Gasteiger partial charge in [-0.2, -0.15) is 0 Å². The predicted octanol–water partition coefficient (Wildman–Crippen LogP) is 1.32. The number of sulfonamides is 1. The van der Waals surface area contributed by atoms with Gasteiger partial charge in [0.05, 0.1) is 11.5 Å². The van der Waals surface area contributed by atoms with Crippen LogP contribution in [0.5, 0.6) is 5.88 Å². The molecular formula is C16H19N3O4S. The molecular weight excluding hydrogens is 330 g/mol. The Morgan fingerprint density at radius 2 is 1.92 bits per heavy atom. The molecule has 128 valence electrons. The zero-order chi connectivity index (χ0) is 17.6. The molecule has 0 aliphatic rings. The predicted molar refractivity (Wildman–Crippen MR) is 89.3 cm³/mol. The lowest BCUT2D eigenvalue weighted by atomic mass is 10.2. The Hall–Kier alpha value is -2.45. The van der Waals surface area contributed by atoms with E-state index in [0.717, 1.165) is 5.56 Å². The number of amides is 1. The van der Waals surface area contributed by atoms with E-state index in [1.54, 1.807) is 30.5 Å². The molecule has 0 bridgehead atoms. The highest BCUT2D eigenvalue weighted by atomic mass is 32.2. The number of ether oxygens (including phenoxy) is 1. The Labute approximate surface area is 141 Å². The lowest BCUT2D eigenvalue weighted by Crippen LogP contribution is -2.24. The standard InChI is InChI=1S/C16H19N3O4S/c1-3-23-16-14(5-4-10-18-16)15(20)19-11-12-6-8-13(9-7-12)24(21,22)17-2/h4-10,17H,3,11H2,1-2H3,(H,19,20). The van der Waals surface area contributed by atoms with Gasteiger partial charge >= 0.3 is 0 Å². The van der Waals surface area contributed by atoms with Crippen molar-refractivity contribution >= 4 is 15.9 Å². The van der Waals surface area contributed by atoms with Gasteiger partial charge in [-0.15, -0.1) is 0 Å². The van der Waals surface area contributed by atoms with Crippen LogP contribution in [0.3, 0.4) is 0 Å². The minimum absolute atomic E-state index is 0.172. The fraction of sp³-hybridized carbons (Fsp3) is 0.250. The van der Waals surface area contributed by atoms with Crippen molar-refractivity contribution < 1.29 is 17.9 Å². The van der Waals surface area contributed by atoms with Crippen LogP contribution in [0.1, 0.15) is 22.8 Å². The van der Waals surface area contributed by atoms with Gasteiger partial charge in [0.15, 0.2) is 0 Å². The maximum atomic E-state index is 12.2. The van der Waals surface area contributed by atoms with Gasteiger partial charge in [0, 0.05) is 12.7 Å². The number of hydrogen-bond acceptors (Lipinski definition) is 5. The van der Waals surface area contributed by atoms with Crippen molar-refractivity contribution in [2.24, 2.45) is 0 Å². The molecule has 0 fully saturated rings. The molecule has 2 N–H and O–H groups in total. The first-order valence-electron chi connectivity index (χ1n) is 7.36. The van der Waals surface area contributed by atoms with Gasteiger partial charge in [-0.25, -0.2) is 18.1 Å². The van der Waals surface area contributed by atoms with E-state index in [-0.39, 0.29) is 23.2 Å². The van der Waals surface area contributed by atoms with Crippen LogP contribution in [0, 0.1) is 0 Å². The van der Waals surface area contributed by atoms with Crippen molar-refractivity contribution in [3.05, 3.63) is 53.7 Å². The number of benzene rings is 1. The van der Waals surface area contributed by atoms with Gasteiger partial charge in [0.2, 0.25) is 15.9 Å². The van der Waals surface area contributed by atoms with Crippen molar-refractivity contribution in [3.8, 4) is 5.88 Å². The third kappa shape index (κ3) is 4.30. The molecule has 1 aromatic heterocycles. The fourth-order valence-electron chi connectivity index (χ4n) is 2.00. The summed E-state index contributed by atoms with van der Waals surface area (Å²) in [6.07, 6.45) is 1.56. The van der Waals surface area contributed by atoms with Crippen LogP contribution < -0.4 is 14.8 Å². The summed E-state index contributed by atoms with van der Waals surface area (Å²) in [6, 6.07) is 9.57. The van der Waals surface area contributed by atoms with Crippen molar-refractivity contribution in [1.82, 2.24) is 15.0 Å². The maximum Gasteiger partial charge on any atom is 0.257 e. The second-order valence-corrected chi connectivity index (χ2v) is 6.71. The monoisotopic (exact) mass is 349 g/mol. The zero-order valence-electron chi connectivity index (χ0n) is 13.4. The first kappa shape index (κ1) is 17.9. The topological polar surface area (TPSA) is 97.4 Å². The Bertz CT molecular complexity index is 804. The minimum Gasteiger partial charge on any atom is -0.477 e. The van der Waals surface area contributed by atoms with Crippen LogP contribution in [0.2, 0.25) is 0 Å². The van der Waals surface area contributed by atoms with Crippen LogP contribution in [0.25, 0.3) is 0 Å². The molecule has 0 saturated carbocycles. The molecule has 7 nitrogen and oxygen atoms in total. The van der Waals surface area contributed by atoms with E-state index < -0.39 is 10.0 Å². The van der Waals surface area contributed by atoms with Gasteiger partial charge in [0.25, 0.3) is 5.91 Å². The Balaban J connectivity index is 2.05. The number of carbonyl (C=O) groups is 1. The lowest BCUT2D eigenvalue weighted by molar-refractivity contribution is 0.0946. The van der Waals surface area contributed by atoms with E-state index in [0.29, 0.717) is 12.2 Å². The van der Waals surface area contributed by atoms with E-state index in [2.05, 4.69) is 15.0 Å². The molecule has 0 atom stereocenters. The van der Waals surface area contributed by atoms with Gasteiger partial charge in [-0.3, -0.25) is 4.79 Å². The second kappa shape index (κ2) is 7.89. The number of hydrogen-bond donors (Lipinski definition) is 2. The average Bonchev–Trinajstić information content (AvgIpc) is 2.61. The number of aromatic nitrogens is 1. The third-order valence-corrected chi connectivity index (χ3v) is 4.68. The van der Waals surface area contributed by atoms with Gasteiger partial charge in [-0.1, -0.05) is 12.1 Å². The normalized spacial score (nSPS) is 11.1. The third-order valence-electron chi connectivity index (χ3n) is 3.25. The van der Waals surface area contributed by atoms with Crippen LogP contribution in [-0.2, 0) is 16.6 Å².